The number of carbonyl (C=O) groups excluding carboxylic acids is 2. The van der Waals surface area contributed by atoms with Crippen LogP contribution in [0.1, 0.15) is 25.1 Å². The van der Waals surface area contributed by atoms with E-state index in [-0.39, 0.29) is 25.2 Å². The van der Waals surface area contributed by atoms with Gasteiger partial charge in [0, 0.05) is 16.6 Å². The lowest BCUT2D eigenvalue weighted by atomic mass is 10.1. The van der Waals surface area contributed by atoms with Crippen LogP contribution in [-0.4, -0.2) is 41.1 Å². The van der Waals surface area contributed by atoms with Gasteiger partial charge in [0.25, 0.3) is 5.91 Å². The zero-order valence-electron chi connectivity index (χ0n) is 17.6. The number of nitrogens with zero attached hydrogens (tertiary/aromatic N) is 3. The molecule has 1 unspecified atom stereocenters. The number of fused-ring (bicyclic) bond motifs is 1. The highest BCUT2D eigenvalue weighted by Gasteiger charge is 2.29. The molecule has 0 fully saturated rings. The molecule has 3 heterocycles. The Hall–Kier alpha value is -3.26. The van der Waals surface area contributed by atoms with E-state index in [9.17, 15) is 9.59 Å². The number of aromatic nitrogens is 2. The number of ether oxygens (including phenoxy) is 2. The summed E-state index contributed by atoms with van der Waals surface area (Å²) in [6, 6.07) is 11.3. The Bertz CT molecular complexity index is 1110. The Morgan fingerprint density at radius 1 is 1.32 bits per heavy atom. The molecular formula is C23H23N3O4S. The van der Waals surface area contributed by atoms with Crippen LogP contribution in [-0.2, 0) is 14.3 Å². The first-order chi connectivity index (χ1) is 15.0. The van der Waals surface area contributed by atoms with Gasteiger partial charge in [-0.2, -0.15) is 0 Å². The summed E-state index contributed by atoms with van der Waals surface area (Å²) in [6.45, 7) is 5.51. The average Bonchev–Trinajstić information content (AvgIpc) is 3.17. The summed E-state index contributed by atoms with van der Waals surface area (Å²) in [5.41, 5.74) is 3.01. The van der Waals surface area contributed by atoms with E-state index in [1.807, 2.05) is 57.2 Å². The Kier molecular flexibility index (Phi) is 5.99. The number of benzene rings is 1. The van der Waals surface area contributed by atoms with Gasteiger partial charge in [-0.05, 0) is 50.6 Å². The summed E-state index contributed by atoms with van der Waals surface area (Å²) in [5.74, 6) is -0.171. The van der Waals surface area contributed by atoms with E-state index in [1.165, 1.54) is 4.90 Å². The van der Waals surface area contributed by atoms with Crippen molar-refractivity contribution in [1.82, 2.24) is 9.97 Å². The van der Waals surface area contributed by atoms with Crippen LogP contribution < -0.4 is 9.64 Å². The maximum atomic E-state index is 12.5. The molecule has 1 amide bonds. The molecule has 8 heteroatoms. The summed E-state index contributed by atoms with van der Waals surface area (Å²) >= 11 is 1.56. The topological polar surface area (TPSA) is 81.6 Å². The van der Waals surface area contributed by atoms with Crippen molar-refractivity contribution in [1.29, 1.82) is 0 Å². The number of thiazole rings is 1. The van der Waals surface area contributed by atoms with Gasteiger partial charge < -0.3 is 9.47 Å². The Balaban J connectivity index is 1.66. The van der Waals surface area contributed by atoms with Gasteiger partial charge in [-0.15, -0.1) is 11.3 Å². The third kappa shape index (κ3) is 4.44. The average molecular weight is 438 g/mol. The van der Waals surface area contributed by atoms with Crippen LogP contribution in [0.5, 0.6) is 5.75 Å². The van der Waals surface area contributed by atoms with Crippen molar-refractivity contribution in [2.24, 2.45) is 0 Å². The molecule has 2 aromatic heterocycles. The number of hydrogen-bond acceptors (Lipinski definition) is 7. The van der Waals surface area contributed by atoms with Gasteiger partial charge in [-0.1, -0.05) is 13.0 Å². The predicted octanol–water partition coefficient (Wildman–Crippen LogP) is 4.25. The van der Waals surface area contributed by atoms with E-state index in [4.69, 9.17) is 14.5 Å². The van der Waals surface area contributed by atoms with E-state index in [1.54, 1.807) is 17.5 Å². The molecule has 0 aliphatic carbocycles. The molecule has 1 atom stereocenters. The maximum Gasteiger partial charge on any atom is 0.326 e. The van der Waals surface area contributed by atoms with Gasteiger partial charge in [0.05, 0.1) is 23.2 Å². The summed E-state index contributed by atoms with van der Waals surface area (Å²) in [5, 5.41) is 0.826. The molecule has 0 saturated carbocycles. The molecule has 0 saturated heterocycles. The second-order valence-corrected chi connectivity index (χ2v) is 8.50. The molecule has 3 aromatic rings. The van der Waals surface area contributed by atoms with Crippen molar-refractivity contribution in [3.8, 4) is 27.7 Å². The van der Waals surface area contributed by atoms with Crippen LogP contribution in [0.4, 0.5) is 5.69 Å². The molecule has 4 rings (SSSR count). The molecule has 7 nitrogen and oxygen atoms in total. The van der Waals surface area contributed by atoms with Gasteiger partial charge in [0.1, 0.15) is 17.3 Å². The molecule has 0 spiro atoms. The van der Waals surface area contributed by atoms with E-state index < -0.39 is 5.97 Å². The van der Waals surface area contributed by atoms with Crippen LogP contribution in [0, 0.1) is 6.92 Å². The lowest BCUT2D eigenvalue weighted by Gasteiger charge is -2.29. The molecule has 0 bridgehead atoms. The number of amides is 1. The lowest BCUT2D eigenvalue weighted by molar-refractivity contribution is -0.147. The summed E-state index contributed by atoms with van der Waals surface area (Å²) in [6.07, 6.45) is 2.26. The number of anilines is 1. The first-order valence-corrected chi connectivity index (χ1v) is 10.9. The summed E-state index contributed by atoms with van der Waals surface area (Å²) < 4.78 is 10.9. The maximum absolute atomic E-state index is 12.5. The van der Waals surface area contributed by atoms with E-state index in [2.05, 4.69) is 4.98 Å². The fraction of sp³-hybridized carbons (Fsp3) is 0.304. The van der Waals surface area contributed by atoms with Crippen molar-refractivity contribution in [3.05, 3.63) is 47.5 Å². The highest BCUT2D eigenvalue weighted by atomic mass is 32.1. The van der Waals surface area contributed by atoms with Crippen molar-refractivity contribution in [3.63, 3.8) is 0 Å². The minimum Gasteiger partial charge on any atom is -0.482 e. The number of esters is 1. The first kappa shape index (κ1) is 21.0. The molecule has 0 radical (unpaired) electrons. The largest absolute Gasteiger partial charge is 0.482 e. The number of aryl methyl sites for hydroxylation is 1. The van der Waals surface area contributed by atoms with E-state index in [0.29, 0.717) is 17.9 Å². The summed E-state index contributed by atoms with van der Waals surface area (Å²) in [7, 11) is 0. The molecule has 31 heavy (non-hydrogen) atoms. The summed E-state index contributed by atoms with van der Waals surface area (Å²) in [4.78, 5) is 36.5. The number of carbonyl (C=O) groups is 2. The molecular weight excluding hydrogens is 414 g/mol. The van der Waals surface area contributed by atoms with Gasteiger partial charge >= 0.3 is 5.97 Å². The molecule has 1 aliphatic rings. The zero-order valence-corrected chi connectivity index (χ0v) is 18.4. The molecule has 1 aromatic carbocycles. The first-order valence-electron chi connectivity index (χ1n) is 10.1. The molecule has 1 aliphatic heterocycles. The van der Waals surface area contributed by atoms with Crippen molar-refractivity contribution < 1.29 is 19.1 Å². The Morgan fingerprint density at radius 2 is 2.16 bits per heavy atom. The molecule has 160 valence electrons. The highest BCUT2D eigenvalue weighted by molar-refractivity contribution is 7.15. The smallest absolute Gasteiger partial charge is 0.326 e. The monoisotopic (exact) mass is 437 g/mol. The third-order valence-corrected chi connectivity index (χ3v) is 6.04. The van der Waals surface area contributed by atoms with Gasteiger partial charge in [0.15, 0.2) is 6.61 Å². The minimum atomic E-state index is -0.441. The third-order valence-electron chi connectivity index (χ3n) is 5.05. The SMILES string of the molecule is CCC(C)OC(=O)CN1C(=O)COc2ccc(-c3nc(-c4ccccn4)sc3C)cc21. The quantitative estimate of drug-likeness (QED) is 0.537. The van der Waals surface area contributed by atoms with Crippen LogP contribution in [0.15, 0.2) is 42.6 Å². The number of pyridine rings is 1. The lowest BCUT2D eigenvalue weighted by Crippen LogP contribution is -2.42. The second-order valence-electron chi connectivity index (χ2n) is 7.30. The van der Waals surface area contributed by atoms with Crippen LogP contribution in [0.3, 0.4) is 0 Å². The standard InChI is InChI=1S/C23H23N3O4S/c1-4-14(2)30-21(28)12-26-18-11-16(8-9-19(18)29-13-20(26)27)22-15(3)31-23(25-22)17-7-5-6-10-24-17/h5-11,14H,4,12-13H2,1-3H3. The van der Waals surface area contributed by atoms with Crippen molar-refractivity contribution in [2.45, 2.75) is 33.3 Å². The molecule has 0 N–H and O–H groups in total. The number of hydrogen-bond donors (Lipinski definition) is 0. The normalized spacial score (nSPS) is 14.0. The van der Waals surface area contributed by atoms with Crippen molar-refractivity contribution in [2.75, 3.05) is 18.1 Å². The highest BCUT2D eigenvalue weighted by Crippen LogP contribution is 2.38. The Labute approximate surface area is 184 Å². The fourth-order valence-corrected chi connectivity index (χ4v) is 4.17. The minimum absolute atomic E-state index is 0.109. The second kappa shape index (κ2) is 8.85. The Morgan fingerprint density at radius 3 is 2.90 bits per heavy atom. The van der Waals surface area contributed by atoms with E-state index >= 15 is 0 Å². The number of rotatable bonds is 6. The zero-order chi connectivity index (χ0) is 22.0. The van der Waals surface area contributed by atoms with Gasteiger partial charge in [0.2, 0.25) is 0 Å². The van der Waals surface area contributed by atoms with Crippen LogP contribution >= 0.6 is 11.3 Å². The van der Waals surface area contributed by atoms with Crippen molar-refractivity contribution >= 4 is 28.9 Å². The van der Waals surface area contributed by atoms with Crippen LogP contribution in [0.2, 0.25) is 0 Å². The van der Waals surface area contributed by atoms with Crippen LogP contribution in [0.25, 0.3) is 22.0 Å². The van der Waals surface area contributed by atoms with E-state index in [0.717, 1.165) is 26.8 Å². The predicted molar refractivity (Wildman–Crippen MR) is 119 cm³/mol. The fourth-order valence-electron chi connectivity index (χ4n) is 3.26. The van der Waals surface area contributed by atoms with Gasteiger partial charge in [-0.25, -0.2) is 4.98 Å². The van der Waals surface area contributed by atoms with Gasteiger partial charge in [-0.3, -0.25) is 19.5 Å².